The Morgan fingerprint density at radius 2 is 1.95 bits per heavy atom. The summed E-state index contributed by atoms with van der Waals surface area (Å²) in [6.07, 6.45) is 3.50. The number of halogens is 2. The van der Waals surface area contributed by atoms with Gasteiger partial charge in [-0.25, -0.2) is 8.78 Å². The molecule has 0 aliphatic heterocycles. The van der Waals surface area contributed by atoms with E-state index in [1.165, 1.54) is 6.07 Å². The monoisotopic (exact) mass is 268 g/mol. The second-order valence-electron chi connectivity index (χ2n) is 4.98. The first-order valence-electron chi connectivity index (χ1n) is 6.68. The Morgan fingerprint density at radius 1 is 1.26 bits per heavy atom. The number of hydrogen-bond acceptors (Lipinski definition) is 2. The fourth-order valence-electron chi connectivity index (χ4n) is 2.72. The summed E-state index contributed by atoms with van der Waals surface area (Å²) in [5.41, 5.74) is -0.213. The van der Waals surface area contributed by atoms with Crippen LogP contribution in [0, 0.1) is 11.6 Å². The lowest BCUT2D eigenvalue weighted by molar-refractivity contribution is -0.142. The lowest BCUT2D eigenvalue weighted by Gasteiger charge is -2.27. The number of hydrogen-bond donors (Lipinski definition) is 0. The summed E-state index contributed by atoms with van der Waals surface area (Å²) in [5.74, 6) is -1.84. The predicted molar refractivity (Wildman–Crippen MR) is 67.9 cm³/mol. The van der Waals surface area contributed by atoms with E-state index in [0.29, 0.717) is 12.2 Å². The average Bonchev–Trinajstić information content (AvgIpc) is 2.84. The first-order chi connectivity index (χ1) is 9.07. The van der Waals surface area contributed by atoms with E-state index in [1.54, 1.807) is 0 Å². The molecule has 0 atom stereocenters. The topological polar surface area (TPSA) is 26.3 Å². The number of carbonyl (C=O) groups is 1. The van der Waals surface area contributed by atoms with Gasteiger partial charge in [0.1, 0.15) is 5.60 Å². The van der Waals surface area contributed by atoms with Crippen LogP contribution in [0.25, 0.3) is 0 Å². The molecule has 0 bridgehead atoms. The number of rotatable bonds is 5. The highest BCUT2D eigenvalue weighted by molar-refractivity contribution is 5.89. The molecule has 0 unspecified atom stereocenters. The number of carbonyl (C=O) groups excluding carboxylic acids is 1. The third-order valence-electron chi connectivity index (χ3n) is 3.69. The van der Waals surface area contributed by atoms with E-state index in [9.17, 15) is 13.6 Å². The van der Waals surface area contributed by atoms with Gasteiger partial charge in [0.2, 0.25) is 0 Å². The summed E-state index contributed by atoms with van der Waals surface area (Å²) in [6, 6.07) is 3.59. The largest absolute Gasteiger partial charge is 0.367 e. The molecule has 1 aliphatic carbocycles. The molecular weight excluding hydrogens is 250 g/mol. The first-order valence-corrected chi connectivity index (χ1v) is 6.68. The molecule has 2 nitrogen and oxygen atoms in total. The Hall–Kier alpha value is -1.29. The van der Waals surface area contributed by atoms with Gasteiger partial charge in [-0.2, -0.15) is 0 Å². The van der Waals surface area contributed by atoms with Crippen molar-refractivity contribution in [2.45, 2.75) is 44.6 Å². The molecule has 4 heteroatoms. The zero-order chi connectivity index (χ0) is 13.9. The van der Waals surface area contributed by atoms with Crippen LogP contribution in [0.2, 0.25) is 0 Å². The average molecular weight is 268 g/mol. The molecule has 0 radical (unpaired) electrons. The summed E-state index contributed by atoms with van der Waals surface area (Å²) in [5, 5.41) is 0. The third kappa shape index (κ3) is 3.00. The van der Waals surface area contributed by atoms with Crippen LogP contribution >= 0.6 is 0 Å². The van der Waals surface area contributed by atoms with Crippen molar-refractivity contribution in [3.8, 4) is 0 Å². The van der Waals surface area contributed by atoms with Crippen molar-refractivity contribution in [2.24, 2.45) is 0 Å². The molecular formula is C15H18F2O2. The van der Waals surface area contributed by atoms with E-state index in [1.807, 2.05) is 6.92 Å². The fourth-order valence-corrected chi connectivity index (χ4v) is 2.72. The smallest absolute Gasteiger partial charge is 0.168 e. The molecule has 0 amide bonds. The molecule has 0 aromatic heterocycles. The van der Waals surface area contributed by atoms with E-state index in [-0.39, 0.29) is 12.2 Å². The highest BCUT2D eigenvalue weighted by Gasteiger charge is 2.41. The van der Waals surface area contributed by atoms with Crippen LogP contribution in [0.3, 0.4) is 0 Å². The molecule has 1 aliphatic rings. The summed E-state index contributed by atoms with van der Waals surface area (Å²) in [7, 11) is 0. The van der Waals surface area contributed by atoms with Crippen LogP contribution in [-0.4, -0.2) is 18.0 Å². The number of ether oxygens (including phenoxy) is 1. The molecule has 19 heavy (non-hydrogen) atoms. The van der Waals surface area contributed by atoms with Gasteiger partial charge < -0.3 is 4.74 Å². The van der Waals surface area contributed by atoms with Crippen molar-refractivity contribution in [1.82, 2.24) is 0 Å². The minimum absolute atomic E-state index is 0.0298. The van der Waals surface area contributed by atoms with Gasteiger partial charge in [-0.05, 0) is 50.3 Å². The summed E-state index contributed by atoms with van der Waals surface area (Å²) < 4.78 is 31.6. The number of Topliss-reactive ketones (excluding diaryl/α,β-unsaturated/α-hetero) is 1. The van der Waals surface area contributed by atoms with E-state index in [4.69, 9.17) is 4.74 Å². The predicted octanol–water partition coefficient (Wildman–Crippen LogP) is 3.43. The molecule has 0 saturated heterocycles. The van der Waals surface area contributed by atoms with Gasteiger partial charge in [-0.3, -0.25) is 4.79 Å². The van der Waals surface area contributed by atoms with Crippen molar-refractivity contribution < 1.29 is 18.3 Å². The standard InChI is InChI=1S/C15H18F2O2/c1-2-19-15(7-3-4-8-15)14(18)10-11-5-6-12(16)13(17)9-11/h5-6,9H,2-4,7-8,10H2,1H3. The SMILES string of the molecule is CCOC1(C(=O)Cc2ccc(F)c(F)c2)CCCC1. The number of ketones is 1. The van der Waals surface area contributed by atoms with Gasteiger partial charge in [0.15, 0.2) is 17.4 Å². The maximum atomic E-state index is 13.1. The van der Waals surface area contributed by atoms with E-state index in [2.05, 4.69) is 0 Å². The molecule has 1 aromatic carbocycles. The maximum Gasteiger partial charge on any atom is 0.168 e. The first kappa shape index (κ1) is 14.1. The van der Waals surface area contributed by atoms with E-state index in [0.717, 1.165) is 37.8 Å². The lowest BCUT2D eigenvalue weighted by atomic mass is 9.91. The minimum atomic E-state index is -0.915. The van der Waals surface area contributed by atoms with Gasteiger partial charge in [-0.1, -0.05) is 6.07 Å². The Bertz CT molecular complexity index is 465. The van der Waals surface area contributed by atoms with Crippen molar-refractivity contribution in [3.63, 3.8) is 0 Å². The Morgan fingerprint density at radius 3 is 2.53 bits per heavy atom. The highest BCUT2D eigenvalue weighted by Crippen LogP contribution is 2.35. The van der Waals surface area contributed by atoms with Crippen molar-refractivity contribution in [3.05, 3.63) is 35.4 Å². The highest BCUT2D eigenvalue weighted by atomic mass is 19.2. The molecule has 0 heterocycles. The normalized spacial score (nSPS) is 17.6. The second kappa shape index (κ2) is 5.78. The molecule has 0 N–H and O–H groups in total. The van der Waals surface area contributed by atoms with Crippen molar-refractivity contribution in [1.29, 1.82) is 0 Å². The van der Waals surface area contributed by atoms with Crippen LogP contribution in [0.15, 0.2) is 18.2 Å². The van der Waals surface area contributed by atoms with Gasteiger partial charge in [0, 0.05) is 13.0 Å². The Labute approximate surface area is 111 Å². The zero-order valence-corrected chi connectivity index (χ0v) is 11.0. The fraction of sp³-hybridized carbons (Fsp3) is 0.533. The van der Waals surface area contributed by atoms with Gasteiger partial charge >= 0.3 is 0 Å². The van der Waals surface area contributed by atoms with Crippen LogP contribution in [-0.2, 0) is 16.0 Å². The minimum Gasteiger partial charge on any atom is -0.367 e. The maximum absolute atomic E-state index is 13.1. The number of benzene rings is 1. The van der Waals surface area contributed by atoms with Gasteiger partial charge in [-0.15, -0.1) is 0 Å². The lowest BCUT2D eigenvalue weighted by Crippen LogP contribution is -2.40. The van der Waals surface area contributed by atoms with Crippen molar-refractivity contribution >= 4 is 5.78 Å². The van der Waals surface area contributed by atoms with Gasteiger partial charge in [0.05, 0.1) is 0 Å². The molecule has 2 rings (SSSR count). The van der Waals surface area contributed by atoms with Crippen LogP contribution in [0.1, 0.15) is 38.2 Å². The summed E-state index contributed by atoms with van der Waals surface area (Å²) in [6.45, 7) is 2.36. The summed E-state index contributed by atoms with van der Waals surface area (Å²) in [4.78, 5) is 12.4. The van der Waals surface area contributed by atoms with E-state index < -0.39 is 17.2 Å². The third-order valence-corrected chi connectivity index (χ3v) is 3.69. The molecule has 1 fully saturated rings. The van der Waals surface area contributed by atoms with Crippen LogP contribution < -0.4 is 0 Å². The zero-order valence-electron chi connectivity index (χ0n) is 11.0. The molecule has 1 aromatic rings. The van der Waals surface area contributed by atoms with Crippen molar-refractivity contribution in [2.75, 3.05) is 6.61 Å². The Kier molecular flexibility index (Phi) is 4.30. The van der Waals surface area contributed by atoms with Crippen LogP contribution in [0.4, 0.5) is 8.78 Å². The quantitative estimate of drug-likeness (QED) is 0.818. The molecule has 104 valence electrons. The molecule has 1 saturated carbocycles. The van der Waals surface area contributed by atoms with Gasteiger partial charge in [0.25, 0.3) is 0 Å². The Balaban J connectivity index is 2.12. The summed E-state index contributed by atoms with van der Waals surface area (Å²) >= 11 is 0. The van der Waals surface area contributed by atoms with E-state index >= 15 is 0 Å². The second-order valence-corrected chi connectivity index (χ2v) is 4.98. The van der Waals surface area contributed by atoms with Crippen LogP contribution in [0.5, 0.6) is 0 Å². The molecule has 0 spiro atoms.